The van der Waals surface area contributed by atoms with Crippen LogP contribution in [0.2, 0.25) is 0 Å². The Morgan fingerprint density at radius 2 is 1.77 bits per heavy atom. The van der Waals surface area contributed by atoms with E-state index < -0.39 is 11.5 Å². The first kappa shape index (κ1) is 18.1. The predicted molar refractivity (Wildman–Crippen MR) is 94.3 cm³/mol. The third kappa shape index (κ3) is 4.28. The maximum Gasteiger partial charge on any atom is 0.329 e. The van der Waals surface area contributed by atoms with Crippen molar-refractivity contribution in [1.82, 2.24) is 15.5 Å². The summed E-state index contributed by atoms with van der Waals surface area (Å²) < 4.78 is 5.58. The number of amides is 1. The number of aryl methyl sites for hydroxylation is 1. The fourth-order valence-electron chi connectivity index (χ4n) is 3.33. The number of aliphatic carboxylic acids is 1. The number of aromatic nitrogens is 2. The van der Waals surface area contributed by atoms with E-state index in [0.717, 1.165) is 31.2 Å². The molecule has 0 spiro atoms. The van der Waals surface area contributed by atoms with Gasteiger partial charge in [-0.3, -0.25) is 4.79 Å². The minimum absolute atomic E-state index is 0.117. The molecule has 1 heterocycles. The molecule has 138 valence electrons. The summed E-state index contributed by atoms with van der Waals surface area (Å²) in [4.78, 5) is 24.1. The third-order valence-electron chi connectivity index (χ3n) is 4.80. The number of hydrogen-bond donors (Lipinski definition) is 2. The standard InChI is InChI=1S/C19H23N3O4/c23-15(20-19(18(24)25)12-6-1-2-7-13-19)10-11-16-21-22-17(26-16)14-8-4-3-5-9-14/h3-5,8-9H,1-2,6-7,10-13H2,(H,20,23)(H,24,25). The van der Waals surface area contributed by atoms with Crippen molar-refractivity contribution in [2.45, 2.75) is 56.9 Å². The number of carboxylic acid groups (broad SMARTS) is 1. The summed E-state index contributed by atoms with van der Waals surface area (Å²) in [7, 11) is 0. The van der Waals surface area contributed by atoms with Crippen LogP contribution in [0.15, 0.2) is 34.7 Å². The average Bonchev–Trinajstić information content (AvgIpc) is 2.99. The largest absolute Gasteiger partial charge is 0.480 e. The quantitative estimate of drug-likeness (QED) is 0.770. The summed E-state index contributed by atoms with van der Waals surface area (Å²) in [5.74, 6) is -0.471. The van der Waals surface area contributed by atoms with E-state index in [9.17, 15) is 14.7 Å². The summed E-state index contributed by atoms with van der Waals surface area (Å²) in [5, 5.41) is 20.3. The summed E-state index contributed by atoms with van der Waals surface area (Å²) in [6.45, 7) is 0. The van der Waals surface area contributed by atoms with Gasteiger partial charge in [-0.15, -0.1) is 10.2 Å². The van der Waals surface area contributed by atoms with Crippen LogP contribution in [0.25, 0.3) is 11.5 Å². The molecule has 1 amide bonds. The van der Waals surface area contributed by atoms with E-state index in [1.165, 1.54) is 0 Å². The van der Waals surface area contributed by atoms with Crippen molar-refractivity contribution in [1.29, 1.82) is 0 Å². The van der Waals surface area contributed by atoms with Gasteiger partial charge in [-0.05, 0) is 25.0 Å². The molecule has 1 saturated carbocycles. The lowest BCUT2D eigenvalue weighted by molar-refractivity contribution is -0.148. The Labute approximate surface area is 151 Å². The predicted octanol–water partition coefficient (Wildman–Crippen LogP) is 2.96. The molecule has 26 heavy (non-hydrogen) atoms. The number of carbonyl (C=O) groups excluding carboxylic acids is 1. The number of nitrogens with one attached hydrogen (secondary N) is 1. The van der Waals surface area contributed by atoms with Crippen LogP contribution in [0.1, 0.15) is 50.8 Å². The van der Waals surface area contributed by atoms with E-state index in [-0.39, 0.29) is 18.7 Å². The fourth-order valence-corrected chi connectivity index (χ4v) is 3.33. The number of rotatable bonds is 6. The summed E-state index contributed by atoms with van der Waals surface area (Å²) in [6.07, 6.45) is 5.00. The minimum atomic E-state index is -1.14. The Morgan fingerprint density at radius 3 is 2.42 bits per heavy atom. The van der Waals surface area contributed by atoms with Gasteiger partial charge in [-0.1, -0.05) is 43.9 Å². The van der Waals surface area contributed by atoms with Gasteiger partial charge in [0.1, 0.15) is 5.54 Å². The van der Waals surface area contributed by atoms with Crippen LogP contribution in [0, 0.1) is 0 Å². The molecule has 1 aliphatic rings. The van der Waals surface area contributed by atoms with Crippen LogP contribution in [0.5, 0.6) is 0 Å². The normalized spacial score (nSPS) is 16.6. The molecule has 2 N–H and O–H groups in total. The van der Waals surface area contributed by atoms with E-state index in [1.807, 2.05) is 30.3 Å². The maximum atomic E-state index is 12.3. The monoisotopic (exact) mass is 357 g/mol. The Hall–Kier alpha value is -2.70. The van der Waals surface area contributed by atoms with Crippen molar-refractivity contribution in [3.05, 3.63) is 36.2 Å². The van der Waals surface area contributed by atoms with Crippen molar-refractivity contribution >= 4 is 11.9 Å². The van der Waals surface area contributed by atoms with Crippen LogP contribution in [0.4, 0.5) is 0 Å². The molecule has 3 rings (SSSR count). The van der Waals surface area contributed by atoms with Gasteiger partial charge in [0.25, 0.3) is 0 Å². The lowest BCUT2D eigenvalue weighted by atomic mass is 9.90. The zero-order valence-corrected chi connectivity index (χ0v) is 14.6. The van der Waals surface area contributed by atoms with E-state index in [0.29, 0.717) is 24.6 Å². The smallest absolute Gasteiger partial charge is 0.329 e. The molecule has 1 fully saturated rings. The van der Waals surface area contributed by atoms with E-state index >= 15 is 0 Å². The molecule has 0 saturated heterocycles. The van der Waals surface area contributed by atoms with Crippen LogP contribution in [-0.4, -0.2) is 32.7 Å². The molecule has 0 unspecified atom stereocenters. The average molecular weight is 357 g/mol. The highest BCUT2D eigenvalue weighted by atomic mass is 16.4. The van der Waals surface area contributed by atoms with Crippen molar-refractivity contribution in [2.24, 2.45) is 0 Å². The molecule has 0 aliphatic heterocycles. The minimum Gasteiger partial charge on any atom is -0.480 e. The van der Waals surface area contributed by atoms with E-state index in [4.69, 9.17) is 4.42 Å². The zero-order chi connectivity index (χ0) is 18.4. The van der Waals surface area contributed by atoms with Crippen LogP contribution in [0.3, 0.4) is 0 Å². The summed E-state index contributed by atoms with van der Waals surface area (Å²) in [6, 6.07) is 9.39. The van der Waals surface area contributed by atoms with Gasteiger partial charge in [0.05, 0.1) is 0 Å². The highest BCUT2D eigenvalue weighted by molar-refractivity contribution is 5.87. The lowest BCUT2D eigenvalue weighted by Crippen LogP contribution is -2.54. The molecule has 7 nitrogen and oxygen atoms in total. The molecule has 0 bridgehead atoms. The molecular weight excluding hydrogens is 334 g/mol. The first-order valence-electron chi connectivity index (χ1n) is 9.01. The third-order valence-corrected chi connectivity index (χ3v) is 4.80. The highest BCUT2D eigenvalue weighted by Gasteiger charge is 2.39. The second-order valence-corrected chi connectivity index (χ2v) is 6.72. The molecule has 7 heteroatoms. The SMILES string of the molecule is O=C(CCc1nnc(-c2ccccc2)o1)NC1(C(=O)O)CCCCCC1. The van der Waals surface area contributed by atoms with Gasteiger partial charge in [0.15, 0.2) is 0 Å². The number of benzene rings is 1. The van der Waals surface area contributed by atoms with Gasteiger partial charge in [-0.25, -0.2) is 4.79 Å². The highest BCUT2D eigenvalue weighted by Crippen LogP contribution is 2.27. The number of nitrogens with zero attached hydrogens (tertiary/aromatic N) is 2. The number of carbonyl (C=O) groups is 2. The van der Waals surface area contributed by atoms with E-state index in [2.05, 4.69) is 15.5 Å². The van der Waals surface area contributed by atoms with Crippen molar-refractivity contribution in [2.75, 3.05) is 0 Å². The first-order chi connectivity index (χ1) is 12.6. The Bertz CT molecular complexity index is 749. The number of hydrogen-bond acceptors (Lipinski definition) is 5. The maximum absolute atomic E-state index is 12.3. The lowest BCUT2D eigenvalue weighted by Gasteiger charge is -2.29. The Balaban J connectivity index is 1.58. The Kier molecular flexibility index (Phi) is 5.65. The molecule has 0 atom stereocenters. The van der Waals surface area contributed by atoms with Gasteiger partial charge in [0.2, 0.25) is 17.7 Å². The van der Waals surface area contributed by atoms with Crippen LogP contribution >= 0.6 is 0 Å². The van der Waals surface area contributed by atoms with Crippen molar-refractivity contribution in [3.63, 3.8) is 0 Å². The molecule has 1 aliphatic carbocycles. The molecule has 0 radical (unpaired) electrons. The summed E-state index contributed by atoms with van der Waals surface area (Å²) >= 11 is 0. The van der Waals surface area contributed by atoms with Crippen LogP contribution < -0.4 is 5.32 Å². The Morgan fingerprint density at radius 1 is 1.08 bits per heavy atom. The second-order valence-electron chi connectivity index (χ2n) is 6.72. The van der Waals surface area contributed by atoms with Gasteiger partial charge >= 0.3 is 5.97 Å². The topological polar surface area (TPSA) is 105 Å². The fraction of sp³-hybridized carbons (Fsp3) is 0.474. The second kappa shape index (κ2) is 8.12. The van der Waals surface area contributed by atoms with Crippen molar-refractivity contribution in [3.8, 4) is 11.5 Å². The van der Waals surface area contributed by atoms with Gasteiger partial charge in [-0.2, -0.15) is 0 Å². The van der Waals surface area contributed by atoms with Crippen LogP contribution in [-0.2, 0) is 16.0 Å². The van der Waals surface area contributed by atoms with Gasteiger partial charge < -0.3 is 14.8 Å². The number of carboxylic acids is 1. The molecule has 2 aromatic rings. The van der Waals surface area contributed by atoms with Gasteiger partial charge in [0, 0.05) is 18.4 Å². The molecular formula is C19H23N3O4. The zero-order valence-electron chi connectivity index (χ0n) is 14.6. The summed E-state index contributed by atoms with van der Waals surface area (Å²) in [5.41, 5.74) is -0.323. The molecule has 1 aromatic carbocycles. The first-order valence-corrected chi connectivity index (χ1v) is 9.01. The molecule has 1 aromatic heterocycles. The van der Waals surface area contributed by atoms with E-state index in [1.54, 1.807) is 0 Å². The van der Waals surface area contributed by atoms with Crippen molar-refractivity contribution < 1.29 is 19.1 Å².